The third kappa shape index (κ3) is 7.65. The predicted octanol–water partition coefficient (Wildman–Crippen LogP) is 4.16. The van der Waals surface area contributed by atoms with Crippen LogP contribution in [0.1, 0.15) is 72.6 Å². The van der Waals surface area contributed by atoms with Crippen molar-refractivity contribution in [3.05, 3.63) is 25.3 Å². The number of nitrogens with one attached hydrogen (secondary N) is 1. The molecule has 5 aliphatic rings. The molecule has 0 aromatic carbocycles. The summed E-state index contributed by atoms with van der Waals surface area (Å²) in [6, 6.07) is 0. The lowest BCUT2D eigenvalue weighted by molar-refractivity contribution is -0.207. The lowest BCUT2D eigenvalue weighted by Crippen LogP contribution is -2.63. The molecule has 7 rings (SSSR count). The van der Waals surface area contributed by atoms with E-state index in [1.165, 1.54) is 0 Å². The summed E-state index contributed by atoms with van der Waals surface area (Å²) < 4.78 is 8.41. The maximum Gasteiger partial charge on any atom is 0.320 e. The molecule has 13 nitrogen and oxygen atoms in total. The molecule has 55 heavy (non-hydrogen) atoms. The van der Waals surface area contributed by atoms with E-state index in [4.69, 9.17) is 4.74 Å². The zero-order chi connectivity index (χ0) is 37.7. The fourth-order valence-electron chi connectivity index (χ4n) is 11.2. The van der Waals surface area contributed by atoms with Crippen molar-refractivity contribution in [1.82, 2.24) is 34.6 Å². The van der Waals surface area contributed by atoms with Gasteiger partial charge in [-0.15, -0.1) is 31.4 Å². The predicted molar refractivity (Wildman–Crippen MR) is 216 cm³/mol. The van der Waals surface area contributed by atoms with Crippen LogP contribution in [0.25, 0.3) is 11.2 Å². The fraction of sp³-hybridized carbons (Fsp3) is 0.750. The number of esters is 1. The van der Waals surface area contributed by atoms with Gasteiger partial charge in [0.15, 0.2) is 17.0 Å². The Bertz CT molecular complexity index is 1720. The van der Waals surface area contributed by atoms with Crippen LogP contribution in [0.3, 0.4) is 0 Å². The van der Waals surface area contributed by atoms with E-state index in [1.807, 2.05) is 29.5 Å². The molecular formula is C40H62Cl2N8O5. The Hall–Kier alpha value is -2.84. The highest BCUT2D eigenvalue weighted by Crippen LogP contribution is 2.68. The molecule has 306 valence electrons. The number of fused-ring (bicyclic) bond motifs is 1. The molecule has 2 aromatic rings. The topological polar surface area (TPSA) is 146 Å². The van der Waals surface area contributed by atoms with Crippen LogP contribution in [0.4, 0.5) is 5.82 Å². The minimum absolute atomic E-state index is 0. The van der Waals surface area contributed by atoms with E-state index in [0.29, 0.717) is 57.9 Å². The SMILES string of the molecule is C=C[C@]1(C)C[C@@H](OC(=O)CN2CCN(C(=O)CCn3cnc4c(N5CC[C@@H](CNC)C5)ncnc43)CC2)[C@]2(C)[C@H](C)CC[C@]3(CCC(=O)[C@@H]32)[C@@H](C)[C@@H]1O.Cl.Cl. The van der Waals surface area contributed by atoms with Crippen LogP contribution in [-0.2, 0) is 25.7 Å². The monoisotopic (exact) mass is 804 g/mol. The van der Waals surface area contributed by atoms with Crippen molar-refractivity contribution in [2.75, 3.05) is 64.3 Å². The highest BCUT2D eigenvalue weighted by atomic mass is 35.5. The summed E-state index contributed by atoms with van der Waals surface area (Å²) in [6.45, 7) is 18.3. The van der Waals surface area contributed by atoms with Gasteiger partial charge in [-0.25, -0.2) is 15.0 Å². The Balaban J connectivity index is 0.00000290. The minimum atomic E-state index is -0.692. The first-order chi connectivity index (χ1) is 25.3. The molecule has 0 unspecified atom stereocenters. The number of carbonyl (C=O) groups excluding carboxylic acids is 3. The van der Waals surface area contributed by atoms with E-state index in [0.717, 1.165) is 62.3 Å². The van der Waals surface area contributed by atoms with E-state index in [-0.39, 0.29) is 72.2 Å². The van der Waals surface area contributed by atoms with E-state index >= 15 is 0 Å². The molecule has 0 spiro atoms. The van der Waals surface area contributed by atoms with E-state index in [9.17, 15) is 19.5 Å². The quantitative estimate of drug-likeness (QED) is 0.264. The number of hydrogen-bond donors (Lipinski definition) is 2. The second-order valence-corrected chi connectivity index (χ2v) is 17.4. The summed E-state index contributed by atoms with van der Waals surface area (Å²) in [4.78, 5) is 60.8. The maximum absolute atomic E-state index is 13.8. The van der Waals surface area contributed by atoms with Crippen LogP contribution in [0.15, 0.2) is 25.3 Å². The van der Waals surface area contributed by atoms with Gasteiger partial charge in [-0.1, -0.05) is 33.8 Å². The summed E-state index contributed by atoms with van der Waals surface area (Å²) in [5.41, 5.74) is 0.000233. The van der Waals surface area contributed by atoms with Gasteiger partial charge in [-0.2, -0.15) is 0 Å². The van der Waals surface area contributed by atoms with Crippen LogP contribution in [0.2, 0.25) is 0 Å². The van der Waals surface area contributed by atoms with Crippen molar-refractivity contribution < 1.29 is 24.2 Å². The number of aryl methyl sites for hydroxylation is 1. The molecule has 2 saturated heterocycles. The Kier molecular flexibility index (Phi) is 13.3. The Labute approximate surface area is 338 Å². The van der Waals surface area contributed by atoms with Crippen molar-refractivity contribution in [1.29, 1.82) is 0 Å². The fourth-order valence-corrected chi connectivity index (χ4v) is 11.2. The van der Waals surface area contributed by atoms with Crippen LogP contribution in [0.5, 0.6) is 0 Å². The average molecular weight is 806 g/mol. The number of amides is 1. The highest BCUT2D eigenvalue weighted by molar-refractivity contribution is 5.86. The maximum atomic E-state index is 13.8. The molecular weight excluding hydrogens is 743 g/mol. The van der Waals surface area contributed by atoms with Crippen molar-refractivity contribution in [2.24, 2.45) is 39.9 Å². The number of carbonyl (C=O) groups is 3. The largest absolute Gasteiger partial charge is 0.461 e. The van der Waals surface area contributed by atoms with E-state index in [2.05, 4.69) is 57.4 Å². The van der Waals surface area contributed by atoms with E-state index < -0.39 is 23.0 Å². The number of ether oxygens (including phenoxy) is 1. The Morgan fingerprint density at radius 1 is 1.07 bits per heavy atom. The van der Waals surface area contributed by atoms with Gasteiger partial charge in [-0.3, -0.25) is 19.3 Å². The second kappa shape index (κ2) is 16.9. The van der Waals surface area contributed by atoms with Gasteiger partial charge in [0, 0.05) is 75.4 Å². The average Bonchev–Trinajstić information content (AvgIpc) is 3.89. The molecule has 15 heteroatoms. The summed E-state index contributed by atoms with van der Waals surface area (Å²) in [5.74, 6) is 1.29. The summed E-state index contributed by atoms with van der Waals surface area (Å²) in [6.07, 6.45) is 8.95. The van der Waals surface area contributed by atoms with Crippen molar-refractivity contribution >= 4 is 59.5 Å². The molecule has 2 N–H and O–H groups in total. The molecule has 0 radical (unpaired) electrons. The number of hydrogen-bond acceptors (Lipinski definition) is 11. The van der Waals surface area contributed by atoms with Crippen molar-refractivity contribution in [3.8, 4) is 0 Å². The first-order valence-electron chi connectivity index (χ1n) is 19.9. The second-order valence-electron chi connectivity index (χ2n) is 17.4. The molecule has 3 aliphatic carbocycles. The zero-order valence-corrected chi connectivity index (χ0v) is 34.9. The molecule has 9 atom stereocenters. The van der Waals surface area contributed by atoms with Crippen LogP contribution in [-0.4, -0.2) is 124 Å². The number of piperazine rings is 1. The van der Waals surface area contributed by atoms with E-state index in [1.54, 1.807) is 12.7 Å². The van der Waals surface area contributed by atoms with Gasteiger partial charge in [0.1, 0.15) is 18.2 Å². The molecule has 5 fully saturated rings. The summed E-state index contributed by atoms with van der Waals surface area (Å²) in [5, 5.41) is 15.1. The first-order valence-corrected chi connectivity index (χ1v) is 19.9. The van der Waals surface area contributed by atoms with Gasteiger partial charge in [0.25, 0.3) is 0 Å². The smallest absolute Gasteiger partial charge is 0.320 e. The number of imidazole rings is 1. The lowest BCUT2D eigenvalue weighted by atomic mass is 9.44. The Morgan fingerprint density at radius 2 is 1.82 bits per heavy atom. The number of aliphatic hydroxyl groups excluding tert-OH is 1. The highest BCUT2D eigenvalue weighted by Gasteiger charge is 2.68. The number of anilines is 1. The van der Waals surface area contributed by atoms with Crippen molar-refractivity contribution in [2.45, 2.75) is 91.4 Å². The molecule has 2 bridgehead atoms. The third-order valence-electron chi connectivity index (χ3n) is 14.7. The standard InChI is InChI=1S/C40H60N8O5.2ClH/c1-7-38(4)20-30(39(5)26(2)8-12-40(27(3)35(38)52)13-9-29(49)34(39)40)53-32(51)23-45-16-18-46(19-17-45)31(50)11-15-48-25-44-33-36(42-24-43-37(33)48)47-14-10-28(22-47)21-41-6;;/h7,24-28,30,34-35,41,52H,1,8-23H2,2-6H3;2*1H/t26-,27+,28+,30-,34-,35+,38-,39+,40+;;/m1../s1. The number of halogens is 2. The normalized spacial score (nSPS) is 35.0. The van der Waals surface area contributed by atoms with Gasteiger partial charge >= 0.3 is 5.97 Å². The van der Waals surface area contributed by atoms with Gasteiger partial charge < -0.3 is 29.5 Å². The zero-order valence-electron chi connectivity index (χ0n) is 33.2. The molecule has 2 aliphatic heterocycles. The number of Topliss-reactive ketones (excluding diaryl/α,β-unsaturated/α-hetero) is 1. The number of nitrogens with zero attached hydrogens (tertiary/aromatic N) is 7. The summed E-state index contributed by atoms with van der Waals surface area (Å²) in [7, 11) is 1.98. The molecule has 3 saturated carbocycles. The van der Waals surface area contributed by atoms with Gasteiger partial charge in [0.05, 0.1) is 19.0 Å². The molecule has 1 amide bonds. The van der Waals surface area contributed by atoms with Crippen LogP contribution < -0.4 is 10.2 Å². The minimum Gasteiger partial charge on any atom is -0.461 e. The number of aliphatic hydroxyl groups is 1. The molecule has 4 heterocycles. The third-order valence-corrected chi connectivity index (χ3v) is 14.7. The number of aromatic nitrogens is 4. The number of rotatable bonds is 10. The van der Waals surface area contributed by atoms with Gasteiger partial charge in [0.2, 0.25) is 5.91 Å². The summed E-state index contributed by atoms with van der Waals surface area (Å²) >= 11 is 0. The first kappa shape index (κ1) is 43.3. The molecule has 2 aromatic heterocycles. The van der Waals surface area contributed by atoms with Crippen LogP contribution in [0, 0.1) is 39.9 Å². The van der Waals surface area contributed by atoms with Crippen LogP contribution >= 0.6 is 24.8 Å². The van der Waals surface area contributed by atoms with Crippen molar-refractivity contribution in [3.63, 3.8) is 0 Å². The number of ketones is 1. The van der Waals surface area contributed by atoms with Gasteiger partial charge in [-0.05, 0) is 68.9 Å². The Morgan fingerprint density at radius 3 is 2.53 bits per heavy atom. The lowest BCUT2D eigenvalue weighted by Gasteiger charge is -2.61.